The minimum absolute atomic E-state index is 0.0868. The van der Waals surface area contributed by atoms with Crippen molar-refractivity contribution in [1.82, 2.24) is 10.2 Å². The lowest BCUT2D eigenvalue weighted by Gasteiger charge is -2.40. The molecule has 2 heterocycles. The average molecular weight is 427 g/mol. The number of amides is 1. The van der Waals surface area contributed by atoms with Gasteiger partial charge < -0.3 is 15.0 Å². The van der Waals surface area contributed by atoms with E-state index in [-0.39, 0.29) is 11.5 Å². The Labute approximate surface area is 189 Å². The van der Waals surface area contributed by atoms with Gasteiger partial charge in [-0.05, 0) is 67.7 Å². The van der Waals surface area contributed by atoms with Gasteiger partial charge in [-0.2, -0.15) is 0 Å². The Morgan fingerprint density at radius 2 is 1.69 bits per heavy atom. The van der Waals surface area contributed by atoms with Crippen molar-refractivity contribution in [1.29, 1.82) is 0 Å². The van der Waals surface area contributed by atoms with Crippen LogP contribution in [0.3, 0.4) is 0 Å². The lowest BCUT2D eigenvalue weighted by molar-refractivity contribution is 0.0772. The molecule has 0 aromatic heterocycles. The van der Waals surface area contributed by atoms with Crippen molar-refractivity contribution in [2.24, 2.45) is 0 Å². The van der Waals surface area contributed by atoms with Crippen molar-refractivity contribution < 1.29 is 9.53 Å². The van der Waals surface area contributed by atoms with Crippen LogP contribution < -0.4 is 10.1 Å². The minimum Gasteiger partial charge on any atom is -0.482 e. The Kier molecular flexibility index (Phi) is 5.48. The van der Waals surface area contributed by atoms with Gasteiger partial charge in [-0.15, -0.1) is 0 Å². The fourth-order valence-electron chi connectivity index (χ4n) is 4.96. The van der Waals surface area contributed by atoms with Crippen LogP contribution in [0.4, 0.5) is 0 Å². The van der Waals surface area contributed by atoms with E-state index in [1.807, 2.05) is 30.9 Å². The number of hydrogen-bond acceptors (Lipinski definition) is 3. The topological polar surface area (TPSA) is 41.6 Å². The molecular formula is C28H30N2O2. The number of rotatable bonds is 4. The first-order valence-corrected chi connectivity index (χ1v) is 11.7. The van der Waals surface area contributed by atoms with Crippen LogP contribution in [-0.4, -0.2) is 42.6 Å². The molecule has 4 nitrogen and oxygen atoms in total. The first-order chi connectivity index (χ1) is 15.6. The molecule has 0 radical (unpaired) electrons. The quantitative estimate of drug-likeness (QED) is 0.618. The number of piperidine rings is 1. The highest BCUT2D eigenvalue weighted by Crippen LogP contribution is 2.45. The molecule has 0 atom stereocenters. The maximum atomic E-state index is 12.8. The smallest absolute Gasteiger partial charge is 0.253 e. The van der Waals surface area contributed by atoms with Gasteiger partial charge >= 0.3 is 0 Å². The number of hydrogen-bond donors (Lipinski definition) is 1. The third-order valence-corrected chi connectivity index (χ3v) is 6.83. The van der Waals surface area contributed by atoms with Gasteiger partial charge in [-0.1, -0.05) is 42.5 Å². The standard InChI is InChI=1S/C28H30N2O2/c1-3-30(4-2)27(31)22-11-9-21(10-12-22)25-19-28(15-17-29-18-16-28)32-26-23-8-6-5-7-20(23)13-14-24(25)26/h5-14,19,29H,3-4,15-18H2,1-2H3. The van der Waals surface area contributed by atoms with Gasteiger partial charge in [0.1, 0.15) is 11.4 Å². The van der Waals surface area contributed by atoms with Gasteiger partial charge in [0.05, 0.1) is 0 Å². The minimum atomic E-state index is -0.298. The van der Waals surface area contributed by atoms with Gasteiger partial charge in [-0.3, -0.25) is 4.79 Å². The average Bonchev–Trinajstić information content (AvgIpc) is 2.85. The molecule has 1 fully saturated rings. The summed E-state index contributed by atoms with van der Waals surface area (Å²) in [4.78, 5) is 14.6. The summed E-state index contributed by atoms with van der Waals surface area (Å²) in [7, 11) is 0. The molecule has 164 valence electrons. The first kappa shape index (κ1) is 20.8. The lowest BCUT2D eigenvalue weighted by Crippen LogP contribution is -2.46. The fraction of sp³-hybridized carbons (Fsp3) is 0.321. The van der Waals surface area contributed by atoms with Crippen LogP contribution in [0.15, 0.2) is 66.7 Å². The summed E-state index contributed by atoms with van der Waals surface area (Å²) in [6, 6.07) is 20.9. The summed E-state index contributed by atoms with van der Waals surface area (Å²) in [5.41, 5.74) is 3.88. The van der Waals surface area contributed by atoms with Crippen molar-refractivity contribution in [3.8, 4) is 5.75 Å². The molecule has 1 amide bonds. The van der Waals surface area contributed by atoms with Crippen molar-refractivity contribution >= 4 is 22.3 Å². The molecule has 2 aliphatic rings. The van der Waals surface area contributed by atoms with E-state index in [4.69, 9.17) is 4.74 Å². The SMILES string of the molecule is CCN(CC)C(=O)c1ccc(C2=CC3(CCNCC3)Oc3c2ccc2ccccc32)cc1. The number of fused-ring (bicyclic) bond motifs is 3. The molecule has 4 heteroatoms. The van der Waals surface area contributed by atoms with E-state index in [2.05, 4.69) is 59.9 Å². The Bertz CT molecular complexity index is 1170. The normalized spacial score (nSPS) is 16.9. The van der Waals surface area contributed by atoms with E-state index in [1.54, 1.807) is 0 Å². The molecule has 5 rings (SSSR count). The van der Waals surface area contributed by atoms with Crippen molar-refractivity contribution in [3.05, 3.63) is 83.4 Å². The van der Waals surface area contributed by atoms with Crippen LogP contribution in [0.5, 0.6) is 5.75 Å². The highest BCUT2D eigenvalue weighted by Gasteiger charge is 2.37. The van der Waals surface area contributed by atoms with Gasteiger partial charge in [-0.25, -0.2) is 0 Å². The molecule has 0 saturated carbocycles. The summed E-state index contributed by atoms with van der Waals surface area (Å²) in [6.07, 6.45) is 4.21. The van der Waals surface area contributed by atoms with Crippen molar-refractivity contribution in [3.63, 3.8) is 0 Å². The van der Waals surface area contributed by atoms with E-state index in [0.717, 1.165) is 66.8 Å². The molecule has 3 aromatic rings. The Hall–Kier alpha value is -3.11. The second-order valence-corrected chi connectivity index (χ2v) is 8.69. The summed E-state index contributed by atoms with van der Waals surface area (Å²) in [5.74, 6) is 1.06. The third kappa shape index (κ3) is 3.59. The van der Waals surface area contributed by atoms with Gasteiger partial charge in [0.2, 0.25) is 0 Å². The number of carbonyl (C=O) groups is 1. The van der Waals surface area contributed by atoms with E-state index in [0.29, 0.717) is 0 Å². The number of benzene rings is 3. The molecule has 1 N–H and O–H groups in total. The summed E-state index contributed by atoms with van der Waals surface area (Å²) >= 11 is 0. The van der Waals surface area contributed by atoms with E-state index in [1.165, 1.54) is 11.0 Å². The second kappa shape index (κ2) is 8.44. The Morgan fingerprint density at radius 3 is 2.41 bits per heavy atom. The zero-order valence-electron chi connectivity index (χ0n) is 18.9. The highest BCUT2D eigenvalue weighted by molar-refractivity contribution is 5.98. The fourth-order valence-corrected chi connectivity index (χ4v) is 4.96. The molecule has 32 heavy (non-hydrogen) atoms. The lowest BCUT2D eigenvalue weighted by atomic mass is 9.82. The number of carbonyl (C=O) groups excluding carboxylic acids is 1. The molecule has 1 spiro atoms. The van der Waals surface area contributed by atoms with Crippen molar-refractivity contribution in [2.45, 2.75) is 32.3 Å². The maximum absolute atomic E-state index is 12.8. The predicted molar refractivity (Wildman–Crippen MR) is 130 cm³/mol. The highest BCUT2D eigenvalue weighted by atomic mass is 16.5. The van der Waals surface area contributed by atoms with Gasteiger partial charge in [0.15, 0.2) is 0 Å². The largest absolute Gasteiger partial charge is 0.482 e. The van der Waals surface area contributed by atoms with Gasteiger partial charge in [0.25, 0.3) is 5.91 Å². The monoisotopic (exact) mass is 426 g/mol. The number of nitrogens with one attached hydrogen (secondary N) is 1. The van der Waals surface area contributed by atoms with Crippen LogP contribution in [0.25, 0.3) is 16.3 Å². The second-order valence-electron chi connectivity index (χ2n) is 8.69. The van der Waals surface area contributed by atoms with E-state index >= 15 is 0 Å². The molecule has 0 aliphatic carbocycles. The molecular weight excluding hydrogens is 396 g/mol. The van der Waals surface area contributed by atoms with Crippen LogP contribution >= 0.6 is 0 Å². The molecule has 2 aliphatic heterocycles. The summed E-state index contributed by atoms with van der Waals surface area (Å²) in [5, 5.41) is 5.81. The van der Waals surface area contributed by atoms with Gasteiger partial charge in [0, 0.05) is 42.4 Å². The van der Waals surface area contributed by atoms with E-state index in [9.17, 15) is 4.79 Å². The van der Waals surface area contributed by atoms with Crippen LogP contribution in [0.1, 0.15) is 48.2 Å². The molecule has 0 unspecified atom stereocenters. The molecule has 0 bridgehead atoms. The van der Waals surface area contributed by atoms with Crippen LogP contribution in [0, 0.1) is 0 Å². The summed E-state index contributed by atoms with van der Waals surface area (Å²) < 4.78 is 6.77. The van der Waals surface area contributed by atoms with E-state index < -0.39 is 0 Å². The zero-order chi connectivity index (χ0) is 22.1. The number of ether oxygens (including phenoxy) is 1. The Morgan fingerprint density at radius 1 is 0.969 bits per heavy atom. The van der Waals surface area contributed by atoms with Crippen molar-refractivity contribution in [2.75, 3.05) is 26.2 Å². The Balaban J connectivity index is 1.60. The third-order valence-electron chi connectivity index (χ3n) is 6.83. The molecule has 3 aromatic carbocycles. The van der Waals surface area contributed by atoms with Crippen LogP contribution in [-0.2, 0) is 0 Å². The number of nitrogens with zero attached hydrogens (tertiary/aromatic N) is 1. The maximum Gasteiger partial charge on any atom is 0.253 e. The summed E-state index contributed by atoms with van der Waals surface area (Å²) in [6.45, 7) is 7.36. The first-order valence-electron chi connectivity index (χ1n) is 11.7. The zero-order valence-corrected chi connectivity index (χ0v) is 18.9. The predicted octanol–water partition coefficient (Wildman–Crippen LogP) is 5.27. The molecule has 1 saturated heterocycles. The van der Waals surface area contributed by atoms with Crippen LogP contribution in [0.2, 0.25) is 0 Å².